The first-order chi connectivity index (χ1) is 6.97. The molecule has 0 spiro atoms. The summed E-state index contributed by atoms with van der Waals surface area (Å²) in [5.41, 5.74) is -1.57. The van der Waals surface area contributed by atoms with Crippen LogP contribution in [0.25, 0.3) is 0 Å². The molecule has 1 N–H and O–H groups in total. The minimum Gasteiger partial charge on any atom is -0.391 e. The number of hydrogen-bond acceptors (Lipinski definition) is 4. The van der Waals surface area contributed by atoms with Crippen molar-refractivity contribution in [3.63, 3.8) is 0 Å². The second-order valence-corrected chi connectivity index (χ2v) is 2.86. The van der Waals surface area contributed by atoms with Gasteiger partial charge >= 0.3 is 0 Å². The molecule has 0 radical (unpaired) electrons. The maximum atomic E-state index is 12.4. The molecular formula is C8H8F2N2O3. The largest absolute Gasteiger partial charge is 0.391 e. The van der Waals surface area contributed by atoms with E-state index in [1.54, 1.807) is 0 Å². The third-order valence-corrected chi connectivity index (χ3v) is 1.82. The van der Waals surface area contributed by atoms with Crippen LogP contribution >= 0.6 is 0 Å². The summed E-state index contributed by atoms with van der Waals surface area (Å²) in [6.07, 6.45) is -2.94. The number of aliphatic hydroxyl groups excluding tert-OH is 1. The van der Waals surface area contributed by atoms with Crippen LogP contribution < -0.4 is 0 Å². The first-order valence-corrected chi connectivity index (χ1v) is 4.01. The van der Waals surface area contributed by atoms with Crippen LogP contribution in [-0.4, -0.2) is 15.0 Å². The van der Waals surface area contributed by atoms with E-state index in [1.807, 2.05) is 0 Å². The van der Waals surface area contributed by atoms with E-state index in [1.165, 1.54) is 6.92 Å². The highest BCUT2D eigenvalue weighted by atomic mass is 19.3. The molecule has 15 heavy (non-hydrogen) atoms. The number of aromatic nitrogens is 1. The zero-order chi connectivity index (χ0) is 11.6. The molecule has 1 aromatic heterocycles. The van der Waals surface area contributed by atoms with Crippen molar-refractivity contribution in [2.45, 2.75) is 20.0 Å². The van der Waals surface area contributed by atoms with E-state index in [4.69, 9.17) is 5.11 Å². The lowest BCUT2D eigenvalue weighted by molar-refractivity contribution is -0.386. The van der Waals surface area contributed by atoms with Gasteiger partial charge in [-0.1, -0.05) is 0 Å². The van der Waals surface area contributed by atoms with Crippen LogP contribution in [0.15, 0.2) is 6.07 Å². The lowest BCUT2D eigenvalue weighted by Crippen LogP contribution is -2.05. The lowest BCUT2D eigenvalue weighted by atomic mass is 10.1. The maximum Gasteiger partial charge on any atom is 0.280 e. The summed E-state index contributed by atoms with van der Waals surface area (Å²) in [5.74, 6) is 0. The van der Waals surface area contributed by atoms with Crippen LogP contribution in [0.2, 0.25) is 0 Å². The van der Waals surface area contributed by atoms with Crippen molar-refractivity contribution < 1.29 is 18.8 Å². The number of hydrogen-bond donors (Lipinski definition) is 1. The van der Waals surface area contributed by atoms with E-state index in [2.05, 4.69) is 4.98 Å². The Morgan fingerprint density at radius 1 is 1.67 bits per heavy atom. The molecule has 0 bridgehead atoms. The van der Waals surface area contributed by atoms with Gasteiger partial charge in [-0.15, -0.1) is 0 Å². The average Bonchev–Trinajstić information content (AvgIpc) is 2.16. The van der Waals surface area contributed by atoms with Gasteiger partial charge in [0.1, 0.15) is 5.69 Å². The second-order valence-electron chi connectivity index (χ2n) is 2.86. The minimum atomic E-state index is -2.94. The quantitative estimate of drug-likeness (QED) is 0.619. The van der Waals surface area contributed by atoms with Gasteiger partial charge in [0.15, 0.2) is 0 Å². The highest BCUT2D eigenvalue weighted by Crippen LogP contribution is 2.28. The molecule has 0 unspecified atom stereocenters. The van der Waals surface area contributed by atoms with Gasteiger partial charge in [-0.25, -0.2) is 8.78 Å². The number of rotatable bonds is 3. The van der Waals surface area contributed by atoms with Crippen LogP contribution in [0.4, 0.5) is 14.5 Å². The fourth-order valence-corrected chi connectivity index (χ4v) is 1.21. The van der Waals surface area contributed by atoms with Crippen molar-refractivity contribution >= 4 is 5.69 Å². The summed E-state index contributed by atoms with van der Waals surface area (Å²) in [6, 6.07) is 1.05. The number of pyridine rings is 1. The van der Waals surface area contributed by atoms with Gasteiger partial charge in [0.25, 0.3) is 12.1 Å². The van der Waals surface area contributed by atoms with Crippen molar-refractivity contribution in [1.82, 2.24) is 4.98 Å². The molecule has 82 valence electrons. The number of aliphatic hydroxyl groups is 1. The molecule has 1 heterocycles. The molecule has 0 aromatic carbocycles. The van der Waals surface area contributed by atoms with Gasteiger partial charge in [0.05, 0.1) is 17.1 Å². The Labute approximate surface area is 83.5 Å². The van der Waals surface area contributed by atoms with Crippen LogP contribution in [0.1, 0.15) is 23.4 Å². The molecule has 0 aliphatic rings. The molecule has 1 rings (SSSR count). The van der Waals surface area contributed by atoms with E-state index in [-0.39, 0.29) is 5.69 Å². The molecule has 0 saturated heterocycles. The van der Waals surface area contributed by atoms with Crippen molar-refractivity contribution in [2.75, 3.05) is 0 Å². The standard InChI is InChI=1S/C8H8F2N2O3/c1-4-2-6(12(14)15)5(3-13)7(11-4)8(9)10/h2,8,13H,3H2,1H3. The number of halogens is 2. The number of nitro groups is 1. The molecule has 5 nitrogen and oxygen atoms in total. The van der Waals surface area contributed by atoms with E-state index in [0.717, 1.165) is 6.07 Å². The van der Waals surface area contributed by atoms with E-state index < -0.39 is 34.9 Å². The van der Waals surface area contributed by atoms with Crippen molar-refractivity contribution in [3.8, 4) is 0 Å². The van der Waals surface area contributed by atoms with Crippen molar-refractivity contribution in [1.29, 1.82) is 0 Å². The van der Waals surface area contributed by atoms with E-state index in [0.29, 0.717) is 0 Å². The summed E-state index contributed by atoms with van der Waals surface area (Å²) in [6.45, 7) is 0.545. The summed E-state index contributed by atoms with van der Waals surface area (Å²) < 4.78 is 24.9. The van der Waals surface area contributed by atoms with E-state index in [9.17, 15) is 18.9 Å². The van der Waals surface area contributed by atoms with Crippen LogP contribution in [0.5, 0.6) is 0 Å². The zero-order valence-corrected chi connectivity index (χ0v) is 7.78. The average molecular weight is 218 g/mol. The molecule has 0 aliphatic carbocycles. The lowest BCUT2D eigenvalue weighted by Gasteiger charge is -2.07. The third-order valence-electron chi connectivity index (χ3n) is 1.82. The fraction of sp³-hybridized carbons (Fsp3) is 0.375. The zero-order valence-electron chi connectivity index (χ0n) is 7.78. The molecule has 0 fully saturated rings. The Morgan fingerprint density at radius 3 is 2.67 bits per heavy atom. The first kappa shape index (κ1) is 11.4. The Morgan fingerprint density at radius 2 is 2.27 bits per heavy atom. The fourth-order valence-electron chi connectivity index (χ4n) is 1.21. The van der Waals surface area contributed by atoms with Gasteiger partial charge in [-0.2, -0.15) is 0 Å². The Balaban J connectivity index is 3.45. The van der Waals surface area contributed by atoms with Crippen LogP contribution in [-0.2, 0) is 6.61 Å². The molecule has 0 atom stereocenters. The Hall–Kier alpha value is -1.63. The predicted octanol–water partition coefficient (Wildman–Crippen LogP) is 1.73. The number of nitrogens with zero attached hydrogens (tertiary/aromatic N) is 2. The summed E-state index contributed by atoms with van der Waals surface area (Å²) in [7, 11) is 0. The van der Waals surface area contributed by atoms with E-state index >= 15 is 0 Å². The molecule has 1 aromatic rings. The highest BCUT2D eigenvalue weighted by Gasteiger charge is 2.24. The Bertz CT molecular complexity index is 396. The Kier molecular flexibility index (Phi) is 3.25. The predicted molar refractivity (Wildman–Crippen MR) is 46.5 cm³/mol. The van der Waals surface area contributed by atoms with Crippen molar-refractivity contribution in [2.24, 2.45) is 0 Å². The molecule has 0 aliphatic heterocycles. The summed E-state index contributed by atoms with van der Waals surface area (Å²) >= 11 is 0. The van der Waals surface area contributed by atoms with Crippen LogP contribution in [0.3, 0.4) is 0 Å². The maximum absolute atomic E-state index is 12.4. The monoisotopic (exact) mass is 218 g/mol. The van der Waals surface area contributed by atoms with Crippen molar-refractivity contribution in [3.05, 3.63) is 33.1 Å². The highest BCUT2D eigenvalue weighted by molar-refractivity contribution is 5.44. The third kappa shape index (κ3) is 2.24. The van der Waals surface area contributed by atoms with Gasteiger partial charge in [-0.05, 0) is 6.92 Å². The molecule has 0 saturated carbocycles. The smallest absolute Gasteiger partial charge is 0.280 e. The molecular weight excluding hydrogens is 210 g/mol. The second kappa shape index (κ2) is 4.26. The summed E-state index contributed by atoms with van der Waals surface area (Å²) in [4.78, 5) is 13.2. The normalized spacial score (nSPS) is 10.7. The van der Waals surface area contributed by atoms with Gasteiger partial charge in [0, 0.05) is 11.8 Å². The van der Waals surface area contributed by atoms with Gasteiger partial charge < -0.3 is 5.11 Å². The molecule has 7 heteroatoms. The number of alkyl halides is 2. The SMILES string of the molecule is Cc1cc([N+](=O)[O-])c(CO)c(C(F)F)n1. The summed E-state index contributed by atoms with van der Waals surface area (Å²) in [5, 5.41) is 19.3. The van der Waals surface area contributed by atoms with Gasteiger partial charge in [-0.3, -0.25) is 15.1 Å². The van der Waals surface area contributed by atoms with Gasteiger partial charge in [0.2, 0.25) is 0 Å². The topological polar surface area (TPSA) is 76.3 Å². The first-order valence-electron chi connectivity index (χ1n) is 4.01. The number of aryl methyl sites for hydroxylation is 1. The molecule has 0 amide bonds. The minimum absolute atomic E-state index is 0.120. The van der Waals surface area contributed by atoms with Crippen LogP contribution in [0, 0.1) is 17.0 Å².